The number of fused-ring (bicyclic) bond motifs is 1. The molecular weight excluding hydrogens is 304 g/mol. The first-order chi connectivity index (χ1) is 11.6. The highest BCUT2D eigenvalue weighted by atomic mass is 16.4. The summed E-state index contributed by atoms with van der Waals surface area (Å²) < 4.78 is 1.95. The van der Waals surface area contributed by atoms with Crippen LogP contribution in [-0.4, -0.2) is 27.8 Å². The summed E-state index contributed by atoms with van der Waals surface area (Å²) in [7, 11) is 1.91. The third-order valence-electron chi connectivity index (χ3n) is 4.18. The summed E-state index contributed by atoms with van der Waals surface area (Å²) in [4.78, 5) is 26.1. The summed E-state index contributed by atoms with van der Waals surface area (Å²) in [6.07, 6.45) is 3.31. The lowest BCUT2D eigenvalue weighted by molar-refractivity contribution is -0.138. The SMILES string of the molecule is Cn1cc(C(c2ccccc2)C(N=C=O)C(=O)O)c2ccccc21. The molecule has 24 heavy (non-hydrogen) atoms. The molecule has 1 heterocycles. The third-order valence-corrected chi connectivity index (χ3v) is 4.18. The van der Waals surface area contributed by atoms with E-state index in [-0.39, 0.29) is 0 Å². The average Bonchev–Trinajstić information content (AvgIpc) is 2.92. The van der Waals surface area contributed by atoms with E-state index in [2.05, 4.69) is 4.99 Å². The van der Waals surface area contributed by atoms with Crippen molar-refractivity contribution in [2.75, 3.05) is 0 Å². The van der Waals surface area contributed by atoms with Crippen LogP contribution >= 0.6 is 0 Å². The zero-order chi connectivity index (χ0) is 17.1. The molecule has 0 aliphatic heterocycles. The van der Waals surface area contributed by atoms with Crippen LogP contribution in [0.3, 0.4) is 0 Å². The molecule has 2 aromatic carbocycles. The fourth-order valence-corrected chi connectivity index (χ4v) is 3.14. The molecule has 0 aliphatic rings. The second kappa shape index (κ2) is 6.52. The van der Waals surface area contributed by atoms with Gasteiger partial charge in [0.05, 0.1) is 0 Å². The van der Waals surface area contributed by atoms with Crippen LogP contribution in [0.15, 0.2) is 65.8 Å². The zero-order valence-electron chi connectivity index (χ0n) is 13.1. The van der Waals surface area contributed by atoms with Gasteiger partial charge >= 0.3 is 5.97 Å². The number of isocyanates is 1. The number of hydrogen-bond donors (Lipinski definition) is 1. The van der Waals surface area contributed by atoms with E-state index in [1.807, 2.05) is 72.4 Å². The van der Waals surface area contributed by atoms with Crippen molar-refractivity contribution in [3.63, 3.8) is 0 Å². The Labute approximate surface area is 138 Å². The normalized spacial score (nSPS) is 13.2. The highest BCUT2D eigenvalue weighted by molar-refractivity contribution is 5.87. The van der Waals surface area contributed by atoms with Crippen molar-refractivity contribution < 1.29 is 14.7 Å². The van der Waals surface area contributed by atoms with E-state index in [0.717, 1.165) is 22.0 Å². The van der Waals surface area contributed by atoms with Crippen molar-refractivity contribution >= 4 is 23.0 Å². The van der Waals surface area contributed by atoms with E-state index < -0.39 is 17.9 Å². The molecule has 5 heteroatoms. The first-order valence-corrected chi connectivity index (χ1v) is 7.52. The molecule has 0 saturated heterocycles. The number of carboxylic acid groups (broad SMARTS) is 1. The molecule has 3 rings (SSSR count). The van der Waals surface area contributed by atoms with Gasteiger partial charge in [0.1, 0.15) is 0 Å². The minimum atomic E-state index is -1.23. The second-order valence-electron chi connectivity index (χ2n) is 5.60. The monoisotopic (exact) mass is 320 g/mol. The van der Waals surface area contributed by atoms with Crippen molar-refractivity contribution in [3.8, 4) is 0 Å². The third kappa shape index (κ3) is 2.73. The minimum Gasteiger partial charge on any atom is -0.480 e. The number of aliphatic carboxylic acids is 1. The molecule has 0 spiro atoms. The van der Waals surface area contributed by atoms with Gasteiger partial charge in [-0.15, -0.1) is 0 Å². The van der Waals surface area contributed by atoms with Crippen LogP contribution in [0.4, 0.5) is 0 Å². The smallest absolute Gasteiger partial charge is 0.330 e. The van der Waals surface area contributed by atoms with Crippen LogP contribution < -0.4 is 0 Å². The Morgan fingerprint density at radius 3 is 2.46 bits per heavy atom. The van der Waals surface area contributed by atoms with E-state index in [1.165, 1.54) is 6.08 Å². The minimum absolute atomic E-state index is 0.573. The molecule has 0 aliphatic carbocycles. The average molecular weight is 320 g/mol. The molecule has 120 valence electrons. The number of carbonyl (C=O) groups is 1. The summed E-state index contributed by atoms with van der Waals surface area (Å²) >= 11 is 0. The van der Waals surface area contributed by atoms with Gasteiger partial charge in [0.25, 0.3) is 0 Å². The van der Waals surface area contributed by atoms with Crippen LogP contribution in [0.25, 0.3) is 10.9 Å². The first-order valence-electron chi connectivity index (χ1n) is 7.52. The predicted octanol–water partition coefficient (Wildman–Crippen LogP) is 3.10. The molecule has 0 radical (unpaired) electrons. The lowest BCUT2D eigenvalue weighted by atomic mass is 9.85. The summed E-state index contributed by atoms with van der Waals surface area (Å²) in [6.45, 7) is 0. The molecule has 2 unspecified atom stereocenters. The van der Waals surface area contributed by atoms with Crippen LogP contribution in [-0.2, 0) is 16.6 Å². The van der Waals surface area contributed by atoms with Gasteiger partial charge in [-0.3, -0.25) is 0 Å². The Morgan fingerprint density at radius 2 is 1.79 bits per heavy atom. The van der Waals surface area contributed by atoms with E-state index in [9.17, 15) is 14.7 Å². The maximum Gasteiger partial charge on any atom is 0.330 e. The van der Waals surface area contributed by atoms with E-state index >= 15 is 0 Å². The largest absolute Gasteiger partial charge is 0.480 e. The van der Waals surface area contributed by atoms with Crippen LogP contribution in [0, 0.1) is 0 Å². The van der Waals surface area contributed by atoms with Gasteiger partial charge < -0.3 is 9.67 Å². The van der Waals surface area contributed by atoms with Gasteiger partial charge in [0.15, 0.2) is 6.04 Å². The number of hydrogen-bond acceptors (Lipinski definition) is 3. The molecular formula is C19H16N2O3. The number of aliphatic imine (C=N–C) groups is 1. The standard InChI is InChI=1S/C19H16N2O3/c1-21-11-15(14-9-5-6-10-16(14)21)17(13-7-3-2-4-8-13)18(19(23)24)20-12-22/h2-11,17-18H,1H3,(H,23,24). The molecule has 1 aromatic heterocycles. The van der Waals surface area contributed by atoms with Gasteiger partial charge in [-0.25, -0.2) is 9.59 Å². The molecule has 1 N–H and O–H groups in total. The maximum atomic E-state index is 11.7. The van der Waals surface area contributed by atoms with Crippen molar-refractivity contribution in [1.29, 1.82) is 0 Å². The fourth-order valence-electron chi connectivity index (χ4n) is 3.14. The maximum absolute atomic E-state index is 11.7. The number of rotatable bonds is 5. The summed E-state index contributed by atoms with van der Waals surface area (Å²) in [6, 6.07) is 15.8. The quantitative estimate of drug-likeness (QED) is 0.580. The first kappa shape index (κ1) is 15.7. The highest BCUT2D eigenvalue weighted by Crippen LogP contribution is 2.35. The molecule has 0 bridgehead atoms. The van der Waals surface area contributed by atoms with Gasteiger partial charge in [-0.05, 0) is 17.2 Å². The van der Waals surface area contributed by atoms with Crippen LogP contribution in [0.1, 0.15) is 17.0 Å². The Hall–Kier alpha value is -3.17. The zero-order valence-corrected chi connectivity index (χ0v) is 13.1. The second-order valence-corrected chi connectivity index (χ2v) is 5.60. The van der Waals surface area contributed by atoms with Crippen molar-refractivity contribution in [2.24, 2.45) is 12.0 Å². The van der Waals surface area contributed by atoms with Gasteiger partial charge in [0.2, 0.25) is 6.08 Å². The van der Waals surface area contributed by atoms with Crippen molar-refractivity contribution in [2.45, 2.75) is 12.0 Å². The fraction of sp³-hybridized carbons (Fsp3) is 0.158. The van der Waals surface area contributed by atoms with Gasteiger partial charge in [-0.2, -0.15) is 4.99 Å². The number of carbonyl (C=O) groups excluding carboxylic acids is 1. The van der Waals surface area contributed by atoms with Crippen molar-refractivity contribution in [3.05, 3.63) is 71.9 Å². The molecule has 2 atom stereocenters. The van der Waals surface area contributed by atoms with E-state index in [1.54, 1.807) is 0 Å². The highest BCUT2D eigenvalue weighted by Gasteiger charge is 2.32. The summed E-state index contributed by atoms with van der Waals surface area (Å²) in [5.41, 5.74) is 2.61. The van der Waals surface area contributed by atoms with Gasteiger partial charge in [-0.1, -0.05) is 48.5 Å². The molecule has 3 aromatic rings. The Morgan fingerprint density at radius 1 is 1.12 bits per heavy atom. The lowest BCUT2D eigenvalue weighted by Crippen LogP contribution is -2.27. The van der Waals surface area contributed by atoms with Crippen LogP contribution in [0.5, 0.6) is 0 Å². The lowest BCUT2D eigenvalue weighted by Gasteiger charge is -2.20. The number of carboxylic acids is 1. The number of nitrogens with zero attached hydrogens (tertiary/aromatic N) is 2. The van der Waals surface area contributed by atoms with E-state index in [4.69, 9.17) is 0 Å². The number of para-hydroxylation sites is 1. The van der Waals surface area contributed by atoms with Gasteiger partial charge in [0, 0.05) is 30.1 Å². The number of aromatic nitrogens is 1. The number of benzene rings is 2. The van der Waals surface area contributed by atoms with Crippen LogP contribution in [0.2, 0.25) is 0 Å². The molecule has 0 saturated carbocycles. The van der Waals surface area contributed by atoms with Crippen molar-refractivity contribution in [1.82, 2.24) is 4.57 Å². The number of aryl methyl sites for hydroxylation is 1. The Bertz CT molecular complexity index is 922. The molecule has 5 nitrogen and oxygen atoms in total. The topological polar surface area (TPSA) is 71.7 Å². The Balaban J connectivity index is 2.28. The molecule has 0 fully saturated rings. The Kier molecular flexibility index (Phi) is 4.27. The van der Waals surface area contributed by atoms with E-state index in [0.29, 0.717) is 0 Å². The molecule has 0 amide bonds. The summed E-state index contributed by atoms with van der Waals surface area (Å²) in [5.74, 6) is -1.73. The summed E-state index contributed by atoms with van der Waals surface area (Å²) in [5, 5.41) is 10.5. The predicted molar refractivity (Wildman–Crippen MR) is 90.7 cm³/mol.